The molecule has 1 fully saturated rings. The van der Waals surface area contributed by atoms with Gasteiger partial charge in [0.1, 0.15) is 5.54 Å². The maximum Gasteiger partial charge on any atom is 0.323 e. The Balaban J connectivity index is 2.72. The maximum atomic E-state index is 11.3. The molecule has 0 aromatic heterocycles. The molecule has 1 saturated carbocycles. The van der Waals surface area contributed by atoms with Crippen LogP contribution in [-0.4, -0.2) is 23.2 Å². The summed E-state index contributed by atoms with van der Waals surface area (Å²) in [6, 6.07) is 0. The molecule has 3 heteroatoms. The lowest BCUT2D eigenvalue weighted by molar-refractivity contribution is -0.147. The minimum absolute atomic E-state index is 0.336. The van der Waals surface area contributed by atoms with Crippen molar-refractivity contribution in [3.63, 3.8) is 0 Å². The van der Waals surface area contributed by atoms with E-state index in [0.29, 0.717) is 25.3 Å². The predicted octanol–water partition coefficient (Wildman–Crippen LogP) is 1.63. The van der Waals surface area contributed by atoms with Gasteiger partial charge in [0.25, 0.3) is 0 Å². The van der Waals surface area contributed by atoms with E-state index in [-0.39, 0.29) is 0 Å². The second-order valence-electron chi connectivity index (χ2n) is 4.32. The smallest absolute Gasteiger partial charge is 0.323 e. The van der Waals surface area contributed by atoms with Gasteiger partial charge in [0.05, 0.1) is 6.54 Å². The van der Waals surface area contributed by atoms with Crippen molar-refractivity contribution in [2.45, 2.75) is 44.6 Å². The van der Waals surface area contributed by atoms with Gasteiger partial charge in [-0.25, -0.2) is 0 Å². The summed E-state index contributed by atoms with van der Waals surface area (Å²) in [5, 5.41) is 12.3. The number of carbonyl (C=O) groups is 1. The molecule has 0 radical (unpaired) electrons. The first-order valence-corrected chi connectivity index (χ1v) is 5.56. The Morgan fingerprint density at radius 3 is 3.00 bits per heavy atom. The van der Waals surface area contributed by atoms with Gasteiger partial charge in [-0.3, -0.25) is 10.1 Å². The van der Waals surface area contributed by atoms with Crippen LogP contribution in [0.3, 0.4) is 0 Å². The normalized spacial score (nSPS) is 30.8. The Morgan fingerprint density at radius 2 is 2.47 bits per heavy atom. The summed E-state index contributed by atoms with van der Waals surface area (Å²) in [6.07, 6.45) is 9.74. The summed E-state index contributed by atoms with van der Waals surface area (Å²) < 4.78 is 0. The van der Waals surface area contributed by atoms with E-state index < -0.39 is 11.5 Å². The fourth-order valence-corrected chi connectivity index (χ4v) is 2.39. The molecule has 0 bridgehead atoms. The van der Waals surface area contributed by atoms with Gasteiger partial charge in [-0.05, 0) is 18.8 Å². The number of terminal acetylenes is 1. The van der Waals surface area contributed by atoms with Crippen molar-refractivity contribution in [1.29, 1.82) is 0 Å². The maximum absolute atomic E-state index is 11.3. The van der Waals surface area contributed by atoms with E-state index >= 15 is 0 Å². The van der Waals surface area contributed by atoms with Crippen molar-refractivity contribution in [1.82, 2.24) is 5.32 Å². The number of carboxylic acid groups (broad SMARTS) is 1. The van der Waals surface area contributed by atoms with E-state index in [1.54, 1.807) is 0 Å². The van der Waals surface area contributed by atoms with Crippen LogP contribution in [0.2, 0.25) is 0 Å². The zero-order valence-corrected chi connectivity index (χ0v) is 9.25. The molecule has 0 aromatic carbocycles. The molecule has 3 nitrogen and oxygen atoms in total. The lowest BCUT2D eigenvalue weighted by atomic mass is 9.74. The minimum Gasteiger partial charge on any atom is -0.480 e. The summed E-state index contributed by atoms with van der Waals surface area (Å²) in [6.45, 7) is 2.45. The zero-order chi connectivity index (χ0) is 11.3. The molecular weight excluding hydrogens is 190 g/mol. The van der Waals surface area contributed by atoms with Crippen LogP contribution < -0.4 is 5.32 Å². The molecule has 84 valence electrons. The molecule has 0 spiro atoms. The van der Waals surface area contributed by atoms with Crippen LogP contribution in [0.5, 0.6) is 0 Å². The molecule has 1 aliphatic rings. The Bertz CT molecular complexity index is 269. The van der Waals surface area contributed by atoms with Gasteiger partial charge >= 0.3 is 5.97 Å². The molecule has 2 N–H and O–H groups in total. The number of nitrogens with one attached hydrogen (secondary N) is 1. The highest BCUT2D eigenvalue weighted by Crippen LogP contribution is 2.34. The Hall–Kier alpha value is -1.01. The van der Waals surface area contributed by atoms with Crippen molar-refractivity contribution in [3.8, 4) is 12.3 Å². The largest absolute Gasteiger partial charge is 0.480 e. The van der Waals surface area contributed by atoms with E-state index in [9.17, 15) is 9.90 Å². The number of hydrogen-bond donors (Lipinski definition) is 2. The number of aliphatic carboxylic acids is 1. The zero-order valence-electron chi connectivity index (χ0n) is 9.25. The summed E-state index contributed by atoms with van der Waals surface area (Å²) >= 11 is 0. The van der Waals surface area contributed by atoms with Gasteiger partial charge in [0.2, 0.25) is 0 Å². The predicted molar refractivity (Wildman–Crippen MR) is 59.5 cm³/mol. The van der Waals surface area contributed by atoms with Crippen LogP contribution in [-0.2, 0) is 4.79 Å². The first kappa shape index (κ1) is 12.1. The van der Waals surface area contributed by atoms with Gasteiger partial charge in [-0.1, -0.05) is 32.1 Å². The van der Waals surface area contributed by atoms with Crippen molar-refractivity contribution in [3.05, 3.63) is 0 Å². The van der Waals surface area contributed by atoms with Gasteiger partial charge in [0.15, 0.2) is 0 Å². The topological polar surface area (TPSA) is 49.3 Å². The summed E-state index contributed by atoms with van der Waals surface area (Å²) in [5.74, 6) is 2.21. The summed E-state index contributed by atoms with van der Waals surface area (Å²) in [7, 11) is 0. The Kier molecular flexibility index (Phi) is 4.16. The Morgan fingerprint density at radius 1 is 1.73 bits per heavy atom. The molecule has 1 rings (SSSR count). The second kappa shape index (κ2) is 5.18. The minimum atomic E-state index is -0.773. The lowest BCUT2D eigenvalue weighted by Gasteiger charge is -2.37. The Labute approximate surface area is 91.3 Å². The molecule has 15 heavy (non-hydrogen) atoms. The van der Waals surface area contributed by atoms with Crippen LogP contribution in [0.25, 0.3) is 0 Å². The van der Waals surface area contributed by atoms with Crippen LogP contribution in [0.15, 0.2) is 0 Å². The van der Waals surface area contributed by atoms with E-state index in [4.69, 9.17) is 6.42 Å². The molecular formula is C12H19NO2. The van der Waals surface area contributed by atoms with Crippen molar-refractivity contribution in [2.24, 2.45) is 5.92 Å². The number of hydrogen-bond acceptors (Lipinski definition) is 2. The molecule has 2 atom stereocenters. The lowest BCUT2D eigenvalue weighted by Crippen LogP contribution is -2.55. The molecule has 0 aliphatic heterocycles. The fourth-order valence-electron chi connectivity index (χ4n) is 2.39. The van der Waals surface area contributed by atoms with Crippen molar-refractivity contribution in [2.75, 3.05) is 6.54 Å². The van der Waals surface area contributed by atoms with E-state index in [0.717, 1.165) is 19.3 Å². The highest BCUT2D eigenvalue weighted by molar-refractivity contribution is 5.79. The van der Waals surface area contributed by atoms with Gasteiger partial charge in [-0.15, -0.1) is 6.42 Å². The van der Waals surface area contributed by atoms with E-state index in [2.05, 4.69) is 18.2 Å². The average Bonchev–Trinajstić information content (AvgIpc) is 2.26. The van der Waals surface area contributed by atoms with E-state index in [1.165, 1.54) is 0 Å². The first-order chi connectivity index (χ1) is 7.14. The van der Waals surface area contributed by atoms with Crippen molar-refractivity contribution < 1.29 is 9.90 Å². The van der Waals surface area contributed by atoms with Crippen molar-refractivity contribution >= 4 is 5.97 Å². The molecule has 0 aromatic rings. The van der Waals surface area contributed by atoms with Crippen LogP contribution in [0.4, 0.5) is 0 Å². The third-order valence-corrected chi connectivity index (χ3v) is 3.37. The second-order valence-corrected chi connectivity index (χ2v) is 4.32. The van der Waals surface area contributed by atoms with Gasteiger partial charge in [0, 0.05) is 0 Å². The average molecular weight is 209 g/mol. The third kappa shape index (κ3) is 2.73. The fraction of sp³-hybridized carbons (Fsp3) is 0.750. The molecule has 1 aliphatic carbocycles. The molecule has 0 saturated heterocycles. The molecule has 2 unspecified atom stereocenters. The van der Waals surface area contributed by atoms with Crippen LogP contribution in [0.1, 0.15) is 39.0 Å². The third-order valence-electron chi connectivity index (χ3n) is 3.37. The van der Waals surface area contributed by atoms with Crippen LogP contribution >= 0.6 is 0 Å². The summed E-state index contributed by atoms with van der Waals surface area (Å²) in [5.41, 5.74) is -0.773. The van der Waals surface area contributed by atoms with Gasteiger partial charge in [-0.2, -0.15) is 0 Å². The number of rotatable bonds is 4. The SMILES string of the molecule is C#CCNC1(C(=O)O)CCCC(CC)C1. The molecule has 0 heterocycles. The highest BCUT2D eigenvalue weighted by atomic mass is 16.4. The highest BCUT2D eigenvalue weighted by Gasteiger charge is 2.41. The number of carboxylic acids is 1. The van der Waals surface area contributed by atoms with Crippen LogP contribution in [0, 0.1) is 18.3 Å². The monoisotopic (exact) mass is 209 g/mol. The molecule has 0 amide bonds. The quantitative estimate of drug-likeness (QED) is 0.692. The standard InChI is InChI=1S/C12H19NO2/c1-3-8-13-12(11(14)15)7-5-6-10(4-2)9-12/h1,10,13H,4-9H2,2H3,(H,14,15). The summed E-state index contributed by atoms with van der Waals surface area (Å²) in [4.78, 5) is 11.3. The first-order valence-electron chi connectivity index (χ1n) is 5.56. The van der Waals surface area contributed by atoms with E-state index in [1.807, 2.05) is 0 Å². The van der Waals surface area contributed by atoms with Gasteiger partial charge < -0.3 is 5.11 Å².